The predicted molar refractivity (Wildman–Crippen MR) is 68.6 cm³/mol. The highest BCUT2D eigenvalue weighted by atomic mass is 16.5. The quantitative estimate of drug-likeness (QED) is 0.741. The molecular formula is C15H18O2. The van der Waals surface area contributed by atoms with E-state index >= 15 is 0 Å². The molecule has 1 atom stereocenters. The Morgan fingerprint density at radius 1 is 1.47 bits per heavy atom. The summed E-state index contributed by atoms with van der Waals surface area (Å²) in [5.41, 5.74) is 2.01. The maximum absolute atomic E-state index is 12.2. The summed E-state index contributed by atoms with van der Waals surface area (Å²) in [4.78, 5) is 12.2. The van der Waals surface area contributed by atoms with E-state index in [-0.39, 0.29) is 11.7 Å². The molecule has 0 radical (unpaired) electrons. The van der Waals surface area contributed by atoms with E-state index in [1.165, 1.54) is 0 Å². The maximum Gasteiger partial charge on any atom is 0.166 e. The van der Waals surface area contributed by atoms with Gasteiger partial charge in [0.25, 0.3) is 0 Å². The molecule has 0 aliphatic heterocycles. The van der Waals surface area contributed by atoms with Crippen molar-refractivity contribution in [3.63, 3.8) is 0 Å². The third kappa shape index (κ3) is 2.41. The second-order valence-electron chi connectivity index (χ2n) is 4.32. The molecule has 1 unspecified atom stereocenters. The van der Waals surface area contributed by atoms with Crippen LogP contribution in [0, 0.1) is 5.92 Å². The molecule has 2 nitrogen and oxygen atoms in total. The lowest BCUT2D eigenvalue weighted by Gasteiger charge is -2.04. The van der Waals surface area contributed by atoms with Crippen molar-refractivity contribution in [1.82, 2.24) is 0 Å². The number of hydrogen-bond donors (Lipinski definition) is 0. The van der Waals surface area contributed by atoms with E-state index in [0.29, 0.717) is 6.61 Å². The van der Waals surface area contributed by atoms with Crippen LogP contribution in [0.4, 0.5) is 0 Å². The maximum atomic E-state index is 12.2. The van der Waals surface area contributed by atoms with Gasteiger partial charge in [0.1, 0.15) is 5.75 Å². The zero-order chi connectivity index (χ0) is 12.3. The lowest BCUT2D eigenvalue weighted by molar-refractivity contribution is 0.0937. The standard InChI is InChI=1S/C15H18O2/c1-3-5-6-12-9-11-7-8-13(17-4-2)10-14(11)15(12)16/h3,5,7-8,10,12H,4,6,9H2,1-2H3/b5-3+. The minimum Gasteiger partial charge on any atom is -0.494 e. The minimum atomic E-state index is 0.123. The van der Waals surface area contributed by atoms with E-state index in [2.05, 4.69) is 6.08 Å². The first-order valence-electron chi connectivity index (χ1n) is 6.17. The fraction of sp³-hybridized carbons (Fsp3) is 0.400. The molecule has 0 heterocycles. The molecule has 0 amide bonds. The summed E-state index contributed by atoms with van der Waals surface area (Å²) in [6.07, 6.45) is 5.78. The van der Waals surface area contributed by atoms with Crippen molar-refractivity contribution in [3.8, 4) is 5.75 Å². The Hall–Kier alpha value is -1.57. The molecule has 0 N–H and O–H groups in total. The zero-order valence-corrected chi connectivity index (χ0v) is 10.4. The Kier molecular flexibility index (Phi) is 3.62. The normalized spacial score (nSPS) is 18.7. The SMILES string of the molecule is C/C=C/CC1Cc2ccc(OCC)cc2C1=O. The van der Waals surface area contributed by atoms with Gasteiger partial charge in [-0.15, -0.1) is 0 Å². The van der Waals surface area contributed by atoms with Gasteiger partial charge in [-0.05, 0) is 44.4 Å². The topological polar surface area (TPSA) is 26.3 Å². The summed E-state index contributed by atoms with van der Waals surface area (Å²) in [7, 11) is 0. The molecule has 2 heteroatoms. The van der Waals surface area contributed by atoms with E-state index < -0.39 is 0 Å². The van der Waals surface area contributed by atoms with Crippen LogP contribution in [0.1, 0.15) is 36.2 Å². The van der Waals surface area contributed by atoms with Crippen molar-refractivity contribution >= 4 is 5.78 Å². The smallest absolute Gasteiger partial charge is 0.166 e. The number of fused-ring (bicyclic) bond motifs is 1. The molecule has 0 bridgehead atoms. The molecule has 0 aromatic heterocycles. The summed E-state index contributed by atoms with van der Waals surface area (Å²) < 4.78 is 5.43. The van der Waals surface area contributed by atoms with Gasteiger partial charge in [-0.1, -0.05) is 18.2 Å². The van der Waals surface area contributed by atoms with Crippen LogP contribution in [-0.4, -0.2) is 12.4 Å². The van der Waals surface area contributed by atoms with E-state index in [1.807, 2.05) is 38.1 Å². The van der Waals surface area contributed by atoms with Gasteiger partial charge in [-0.3, -0.25) is 4.79 Å². The second kappa shape index (κ2) is 5.17. The summed E-state index contributed by atoms with van der Waals surface area (Å²) in [5.74, 6) is 1.18. The summed E-state index contributed by atoms with van der Waals surface area (Å²) in [6.45, 7) is 4.57. The number of carbonyl (C=O) groups excluding carboxylic acids is 1. The van der Waals surface area contributed by atoms with Crippen molar-refractivity contribution in [2.24, 2.45) is 5.92 Å². The zero-order valence-electron chi connectivity index (χ0n) is 10.4. The molecule has 90 valence electrons. The van der Waals surface area contributed by atoms with Crippen molar-refractivity contribution in [1.29, 1.82) is 0 Å². The Balaban J connectivity index is 2.20. The Labute approximate surface area is 102 Å². The number of Topliss-reactive ketones (excluding diaryl/α,β-unsaturated/α-hetero) is 1. The fourth-order valence-electron chi connectivity index (χ4n) is 2.29. The molecule has 1 aromatic carbocycles. The van der Waals surface area contributed by atoms with E-state index in [9.17, 15) is 4.79 Å². The van der Waals surface area contributed by atoms with Crippen LogP contribution in [0.3, 0.4) is 0 Å². The lowest BCUT2D eigenvalue weighted by Crippen LogP contribution is -2.07. The van der Waals surface area contributed by atoms with Crippen molar-refractivity contribution in [3.05, 3.63) is 41.5 Å². The largest absolute Gasteiger partial charge is 0.494 e. The third-order valence-corrected chi connectivity index (χ3v) is 3.15. The Morgan fingerprint density at radius 2 is 2.29 bits per heavy atom. The van der Waals surface area contributed by atoms with Crippen LogP contribution < -0.4 is 4.74 Å². The van der Waals surface area contributed by atoms with Gasteiger partial charge in [-0.2, -0.15) is 0 Å². The molecule has 0 spiro atoms. The summed E-state index contributed by atoms with van der Waals surface area (Å²) in [5, 5.41) is 0. The third-order valence-electron chi connectivity index (χ3n) is 3.15. The predicted octanol–water partition coefficient (Wildman–Crippen LogP) is 3.41. The number of allylic oxidation sites excluding steroid dienone is 2. The fourth-order valence-corrected chi connectivity index (χ4v) is 2.29. The van der Waals surface area contributed by atoms with Crippen LogP contribution in [-0.2, 0) is 6.42 Å². The Bertz CT molecular complexity index is 446. The average molecular weight is 230 g/mol. The molecule has 2 rings (SSSR count). The van der Waals surface area contributed by atoms with Gasteiger partial charge >= 0.3 is 0 Å². The Morgan fingerprint density at radius 3 is 3.00 bits per heavy atom. The highest BCUT2D eigenvalue weighted by Crippen LogP contribution is 2.31. The van der Waals surface area contributed by atoms with Crippen LogP contribution in [0.25, 0.3) is 0 Å². The van der Waals surface area contributed by atoms with E-state index in [4.69, 9.17) is 4.74 Å². The first-order valence-corrected chi connectivity index (χ1v) is 6.17. The monoisotopic (exact) mass is 230 g/mol. The molecule has 0 saturated carbocycles. The van der Waals surface area contributed by atoms with Crippen molar-refractivity contribution in [2.45, 2.75) is 26.7 Å². The minimum absolute atomic E-state index is 0.123. The van der Waals surface area contributed by atoms with Gasteiger partial charge in [-0.25, -0.2) is 0 Å². The van der Waals surface area contributed by atoms with Gasteiger partial charge in [0.2, 0.25) is 0 Å². The first-order chi connectivity index (χ1) is 8.26. The van der Waals surface area contributed by atoms with Crippen LogP contribution in [0.5, 0.6) is 5.75 Å². The molecule has 17 heavy (non-hydrogen) atoms. The van der Waals surface area contributed by atoms with Gasteiger partial charge in [0.05, 0.1) is 6.61 Å². The molecular weight excluding hydrogens is 212 g/mol. The number of rotatable bonds is 4. The summed E-state index contributed by atoms with van der Waals surface area (Å²) >= 11 is 0. The van der Waals surface area contributed by atoms with Crippen LogP contribution >= 0.6 is 0 Å². The van der Waals surface area contributed by atoms with Crippen molar-refractivity contribution in [2.75, 3.05) is 6.61 Å². The van der Waals surface area contributed by atoms with Crippen molar-refractivity contribution < 1.29 is 9.53 Å². The number of ether oxygens (including phenoxy) is 1. The van der Waals surface area contributed by atoms with Gasteiger partial charge in [0, 0.05) is 11.5 Å². The summed E-state index contributed by atoms with van der Waals surface area (Å²) in [6, 6.07) is 5.86. The number of hydrogen-bond acceptors (Lipinski definition) is 2. The van der Waals surface area contributed by atoms with Crippen LogP contribution in [0.2, 0.25) is 0 Å². The molecule has 1 aliphatic carbocycles. The highest BCUT2D eigenvalue weighted by Gasteiger charge is 2.29. The first kappa shape index (κ1) is 11.9. The van der Waals surface area contributed by atoms with Crippen LogP contribution in [0.15, 0.2) is 30.4 Å². The molecule has 1 aromatic rings. The second-order valence-corrected chi connectivity index (χ2v) is 4.32. The average Bonchev–Trinajstić information content (AvgIpc) is 2.64. The molecule has 1 aliphatic rings. The number of carbonyl (C=O) groups is 1. The number of benzene rings is 1. The highest BCUT2D eigenvalue weighted by molar-refractivity contribution is 6.02. The number of ketones is 1. The van der Waals surface area contributed by atoms with E-state index in [1.54, 1.807) is 0 Å². The van der Waals surface area contributed by atoms with Gasteiger partial charge in [0.15, 0.2) is 5.78 Å². The molecule has 0 saturated heterocycles. The molecule has 0 fully saturated rings. The van der Waals surface area contributed by atoms with E-state index in [0.717, 1.165) is 29.7 Å². The lowest BCUT2D eigenvalue weighted by atomic mass is 10.0. The van der Waals surface area contributed by atoms with Gasteiger partial charge < -0.3 is 4.74 Å².